The molecular weight excluding hydrogens is 338 g/mol. The van der Waals surface area contributed by atoms with E-state index in [1.165, 1.54) is 5.56 Å². The second kappa shape index (κ2) is 6.55. The quantitative estimate of drug-likeness (QED) is 0.609. The van der Waals surface area contributed by atoms with Crippen molar-refractivity contribution in [1.82, 2.24) is 19.3 Å². The minimum absolute atomic E-state index is 0.0310. The molecule has 0 aliphatic carbocycles. The largest absolute Gasteiger partial charge is 0.354 e. The third kappa shape index (κ3) is 2.78. The van der Waals surface area contributed by atoms with Gasteiger partial charge in [-0.05, 0) is 17.7 Å². The van der Waals surface area contributed by atoms with E-state index < -0.39 is 0 Å². The molecule has 0 atom stereocenters. The first-order chi connectivity index (χ1) is 13.3. The molecule has 27 heavy (non-hydrogen) atoms. The predicted octanol–water partition coefficient (Wildman–Crippen LogP) is 2.11. The number of hydrogen-bond donors (Lipinski definition) is 1. The summed E-state index contributed by atoms with van der Waals surface area (Å²) in [5, 5.41) is 3.34. The monoisotopic (exact) mass is 359 g/mol. The number of nitrogens with zero attached hydrogens (tertiary/aromatic N) is 4. The average Bonchev–Trinajstić information content (AvgIpc) is 3.04. The van der Waals surface area contributed by atoms with Crippen LogP contribution in [0.4, 0.5) is 5.82 Å². The fraction of sp³-hybridized carbons (Fsp3) is 0.238. The minimum atomic E-state index is -0.0310. The maximum Gasteiger partial charge on any atom is 0.261 e. The van der Waals surface area contributed by atoms with E-state index >= 15 is 0 Å². The highest BCUT2D eigenvalue weighted by molar-refractivity contribution is 5.81. The van der Waals surface area contributed by atoms with Gasteiger partial charge in [0.05, 0.1) is 17.6 Å². The Morgan fingerprint density at radius 1 is 0.926 bits per heavy atom. The Morgan fingerprint density at radius 3 is 2.41 bits per heavy atom. The third-order valence-corrected chi connectivity index (χ3v) is 5.17. The molecule has 4 aromatic rings. The first-order valence-corrected chi connectivity index (χ1v) is 9.32. The SMILES string of the molecule is O=c1cc(N2CCNCC2)nc2n(Cc3ccccc3)c3ccccc3n12. The summed E-state index contributed by atoms with van der Waals surface area (Å²) in [6.45, 7) is 4.22. The summed E-state index contributed by atoms with van der Waals surface area (Å²) in [6, 6.07) is 20.0. The van der Waals surface area contributed by atoms with Gasteiger partial charge in [0.1, 0.15) is 5.82 Å². The third-order valence-electron chi connectivity index (χ3n) is 5.17. The van der Waals surface area contributed by atoms with E-state index in [0.717, 1.165) is 43.0 Å². The highest BCUT2D eigenvalue weighted by Crippen LogP contribution is 2.22. The van der Waals surface area contributed by atoms with Crippen molar-refractivity contribution in [1.29, 1.82) is 0 Å². The van der Waals surface area contributed by atoms with Gasteiger partial charge in [-0.1, -0.05) is 42.5 Å². The molecule has 6 nitrogen and oxygen atoms in total. The lowest BCUT2D eigenvalue weighted by Gasteiger charge is -2.28. The zero-order valence-electron chi connectivity index (χ0n) is 15.0. The van der Waals surface area contributed by atoms with E-state index in [1.54, 1.807) is 10.5 Å². The van der Waals surface area contributed by atoms with Crippen LogP contribution in [0.5, 0.6) is 0 Å². The van der Waals surface area contributed by atoms with Gasteiger partial charge >= 0.3 is 0 Å². The first-order valence-electron chi connectivity index (χ1n) is 9.32. The molecule has 0 unspecified atom stereocenters. The van der Waals surface area contributed by atoms with E-state index in [0.29, 0.717) is 12.3 Å². The van der Waals surface area contributed by atoms with Gasteiger partial charge < -0.3 is 14.8 Å². The number of piperazine rings is 1. The fourth-order valence-electron chi connectivity index (χ4n) is 3.83. The van der Waals surface area contributed by atoms with Crippen LogP contribution in [0.25, 0.3) is 16.8 Å². The maximum absolute atomic E-state index is 13.0. The number of nitrogens with one attached hydrogen (secondary N) is 1. The summed E-state index contributed by atoms with van der Waals surface area (Å²) in [5.41, 5.74) is 3.07. The van der Waals surface area contributed by atoms with Crippen LogP contribution >= 0.6 is 0 Å². The number of anilines is 1. The standard InChI is InChI=1S/C21H21N5O/c27-20-14-19(24-12-10-22-11-13-24)23-21-25(15-16-6-2-1-3-7-16)17-8-4-5-9-18(17)26(20)21/h1-9,14,22H,10-13,15H2. The second-order valence-electron chi connectivity index (χ2n) is 6.89. The number of aromatic nitrogens is 3. The van der Waals surface area contributed by atoms with Crippen LogP contribution in [0.3, 0.4) is 0 Å². The van der Waals surface area contributed by atoms with Crippen molar-refractivity contribution in [2.24, 2.45) is 0 Å². The summed E-state index contributed by atoms with van der Waals surface area (Å²) in [6.07, 6.45) is 0. The van der Waals surface area contributed by atoms with Gasteiger partial charge in [0.2, 0.25) is 5.78 Å². The van der Waals surface area contributed by atoms with E-state index in [9.17, 15) is 4.79 Å². The topological polar surface area (TPSA) is 54.6 Å². The Morgan fingerprint density at radius 2 is 1.63 bits per heavy atom. The molecule has 0 spiro atoms. The molecular formula is C21H21N5O. The van der Waals surface area contributed by atoms with Crippen molar-refractivity contribution in [2.45, 2.75) is 6.54 Å². The molecule has 1 N–H and O–H groups in total. The van der Waals surface area contributed by atoms with Crippen LogP contribution in [0.1, 0.15) is 5.56 Å². The normalized spacial score (nSPS) is 14.9. The Balaban J connectivity index is 1.74. The van der Waals surface area contributed by atoms with Crippen LogP contribution in [0, 0.1) is 0 Å². The molecule has 6 heteroatoms. The summed E-state index contributed by atoms with van der Waals surface area (Å²) in [7, 11) is 0. The molecule has 1 aliphatic rings. The highest BCUT2D eigenvalue weighted by Gasteiger charge is 2.18. The molecule has 136 valence electrons. The number of para-hydroxylation sites is 2. The molecule has 0 radical (unpaired) electrons. The van der Waals surface area contributed by atoms with Gasteiger partial charge in [-0.15, -0.1) is 0 Å². The van der Waals surface area contributed by atoms with Crippen LogP contribution in [-0.4, -0.2) is 40.1 Å². The fourth-order valence-corrected chi connectivity index (χ4v) is 3.83. The Hall–Kier alpha value is -3.12. The van der Waals surface area contributed by atoms with Crippen LogP contribution in [0.15, 0.2) is 65.5 Å². The smallest absolute Gasteiger partial charge is 0.261 e. The van der Waals surface area contributed by atoms with Crippen molar-refractivity contribution in [3.8, 4) is 0 Å². The van der Waals surface area contributed by atoms with Crippen LogP contribution in [0.2, 0.25) is 0 Å². The summed E-state index contributed by atoms with van der Waals surface area (Å²) < 4.78 is 3.86. The molecule has 1 fully saturated rings. The van der Waals surface area contributed by atoms with E-state index in [4.69, 9.17) is 4.98 Å². The lowest BCUT2D eigenvalue weighted by Crippen LogP contribution is -2.44. The number of rotatable bonds is 3. The van der Waals surface area contributed by atoms with Crippen molar-refractivity contribution in [3.63, 3.8) is 0 Å². The number of benzene rings is 2. The molecule has 5 rings (SSSR count). The van der Waals surface area contributed by atoms with Crippen molar-refractivity contribution in [3.05, 3.63) is 76.6 Å². The van der Waals surface area contributed by atoms with E-state index in [1.807, 2.05) is 36.4 Å². The van der Waals surface area contributed by atoms with Gasteiger partial charge in [-0.25, -0.2) is 4.40 Å². The first kappa shape index (κ1) is 16.1. The van der Waals surface area contributed by atoms with Crippen molar-refractivity contribution >= 4 is 22.6 Å². The van der Waals surface area contributed by atoms with Crippen LogP contribution < -0.4 is 15.8 Å². The Labute approximate surface area is 156 Å². The van der Waals surface area contributed by atoms with Crippen molar-refractivity contribution in [2.75, 3.05) is 31.1 Å². The lowest BCUT2D eigenvalue weighted by atomic mass is 10.2. The number of hydrogen-bond acceptors (Lipinski definition) is 4. The molecule has 1 aliphatic heterocycles. The zero-order chi connectivity index (χ0) is 18.2. The predicted molar refractivity (Wildman–Crippen MR) is 108 cm³/mol. The summed E-state index contributed by atoms with van der Waals surface area (Å²) in [4.78, 5) is 20.1. The average molecular weight is 359 g/mol. The molecule has 2 aromatic carbocycles. The second-order valence-corrected chi connectivity index (χ2v) is 6.89. The van der Waals surface area contributed by atoms with E-state index in [-0.39, 0.29) is 5.56 Å². The highest BCUT2D eigenvalue weighted by atomic mass is 16.1. The van der Waals surface area contributed by atoms with Crippen molar-refractivity contribution < 1.29 is 0 Å². The molecule has 0 bridgehead atoms. The van der Waals surface area contributed by atoms with Gasteiger partial charge in [-0.2, -0.15) is 4.98 Å². The molecule has 1 saturated heterocycles. The zero-order valence-corrected chi connectivity index (χ0v) is 15.0. The molecule has 0 saturated carbocycles. The Bertz CT molecular complexity index is 1160. The van der Waals surface area contributed by atoms with Crippen LogP contribution in [-0.2, 0) is 6.54 Å². The van der Waals surface area contributed by atoms with E-state index in [2.05, 4.69) is 33.0 Å². The Kier molecular flexibility index (Phi) is 3.90. The summed E-state index contributed by atoms with van der Waals surface area (Å²) in [5.74, 6) is 1.46. The maximum atomic E-state index is 13.0. The summed E-state index contributed by atoms with van der Waals surface area (Å²) >= 11 is 0. The van der Waals surface area contributed by atoms with Gasteiger partial charge in [0, 0.05) is 32.2 Å². The molecule has 2 aromatic heterocycles. The lowest BCUT2D eigenvalue weighted by molar-refractivity contribution is 0.584. The minimum Gasteiger partial charge on any atom is -0.354 e. The number of imidazole rings is 1. The van der Waals surface area contributed by atoms with Gasteiger partial charge in [-0.3, -0.25) is 4.79 Å². The van der Waals surface area contributed by atoms with Gasteiger partial charge in [0.25, 0.3) is 5.56 Å². The molecule has 3 heterocycles. The number of fused-ring (bicyclic) bond motifs is 3. The van der Waals surface area contributed by atoms with Gasteiger partial charge in [0.15, 0.2) is 0 Å². The molecule has 0 amide bonds.